The van der Waals surface area contributed by atoms with Gasteiger partial charge in [0.25, 0.3) is 0 Å². The van der Waals surface area contributed by atoms with Gasteiger partial charge in [-0.1, -0.05) is 55.2 Å². The number of carbonyl (C=O) groups excluding carboxylic acids is 1. The summed E-state index contributed by atoms with van der Waals surface area (Å²) < 4.78 is 27.2. The van der Waals surface area contributed by atoms with Gasteiger partial charge in [0.05, 0.1) is 22.0 Å². The summed E-state index contributed by atoms with van der Waals surface area (Å²) >= 11 is 12.3. The van der Waals surface area contributed by atoms with Crippen LogP contribution in [0.5, 0.6) is 5.75 Å². The molecule has 0 aliphatic carbocycles. The van der Waals surface area contributed by atoms with Gasteiger partial charge in [-0.25, -0.2) is 4.79 Å². The standard InChI is InChI=1S/C19H22Cl2N2O4S/c1-13(2)11-23(19(24)22-18-16(20)5-4-6-17(18)21)12-14-7-9-15(10-8-14)27-28(3,25)26/h4-10,13H,11-12H2,1-3H3,(H,22,24). The van der Waals surface area contributed by atoms with Crippen molar-refractivity contribution in [2.24, 2.45) is 5.92 Å². The van der Waals surface area contributed by atoms with Gasteiger partial charge in [0.15, 0.2) is 0 Å². The minimum atomic E-state index is -3.58. The van der Waals surface area contributed by atoms with E-state index in [0.29, 0.717) is 28.8 Å². The zero-order valence-corrected chi connectivity index (χ0v) is 18.1. The van der Waals surface area contributed by atoms with Crippen LogP contribution in [-0.2, 0) is 16.7 Å². The molecule has 2 aromatic carbocycles. The molecule has 2 amide bonds. The number of rotatable bonds is 7. The minimum Gasteiger partial charge on any atom is -0.383 e. The SMILES string of the molecule is CC(C)CN(Cc1ccc(OS(C)(=O)=O)cc1)C(=O)Nc1c(Cl)cccc1Cl. The van der Waals surface area contributed by atoms with Crippen LogP contribution in [0.25, 0.3) is 0 Å². The van der Waals surface area contributed by atoms with E-state index in [1.54, 1.807) is 47.4 Å². The third-order valence-corrected chi connectivity index (χ3v) is 4.74. The number of nitrogens with zero attached hydrogens (tertiary/aromatic N) is 1. The van der Waals surface area contributed by atoms with E-state index in [2.05, 4.69) is 5.32 Å². The van der Waals surface area contributed by atoms with Crippen molar-refractivity contribution in [2.45, 2.75) is 20.4 Å². The van der Waals surface area contributed by atoms with Crippen LogP contribution < -0.4 is 9.50 Å². The fraction of sp³-hybridized carbons (Fsp3) is 0.316. The van der Waals surface area contributed by atoms with E-state index < -0.39 is 10.1 Å². The Balaban J connectivity index is 2.16. The second-order valence-electron chi connectivity index (χ2n) is 6.73. The van der Waals surface area contributed by atoms with Crippen molar-refractivity contribution in [1.29, 1.82) is 0 Å². The second-order valence-corrected chi connectivity index (χ2v) is 9.12. The fourth-order valence-electron chi connectivity index (χ4n) is 2.51. The van der Waals surface area contributed by atoms with Crippen molar-refractivity contribution in [2.75, 3.05) is 18.1 Å². The highest BCUT2D eigenvalue weighted by Gasteiger charge is 2.18. The molecule has 0 radical (unpaired) electrons. The molecule has 0 saturated carbocycles. The number of para-hydroxylation sites is 1. The van der Waals surface area contributed by atoms with Gasteiger partial charge in [-0.2, -0.15) is 8.42 Å². The Morgan fingerprint density at radius 3 is 2.18 bits per heavy atom. The molecule has 0 fully saturated rings. The van der Waals surface area contributed by atoms with Crippen LogP contribution in [0, 0.1) is 5.92 Å². The van der Waals surface area contributed by atoms with Crippen molar-refractivity contribution >= 4 is 45.0 Å². The maximum absolute atomic E-state index is 12.8. The van der Waals surface area contributed by atoms with Gasteiger partial charge in [-0.3, -0.25) is 0 Å². The van der Waals surface area contributed by atoms with Gasteiger partial charge in [-0.15, -0.1) is 0 Å². The monoisotopic (exact) mass is 444 g/mol. The lowest BCUT2D eigenvalue weighted by molar-refractivity contribution is 0.201. The second kappa shape index (κ2) is 9.49. The van der Waals surface area contributed by atoms with Gasteiger partial charge in [-0.05, 0) is 35.7 Å². The molecular weight excluding hydrogens is 423 g/mol. The summed E-state index contributed by atoms with van der Waals surface area (Å²) in [6, 6.07) is 11.2. The van der Waals surface area contributed by atoms with Gasteiger partial charge in [0, 0.05) is 13.1 Å². The number of anilines is 1. The molecule has 0 bridgehead atoms. The molecule has 0 unspecified atom stereocenters. The normalized spacial score (nSPS) is 11.4. The van der Waals surface area contributed by atoms with E-state index in [4.69, 9.17) is 27.4 Å². The van der Waals surface area contributed by atoms with Crippen molar-refractivity contribution in [3.05, 3.63) is 58.1 Å². The predicted molar refractivity (Wildman–Crippen MR) is 113 cm³/mol. The van der Waals surface area contributed by atoms with Gasteiger partial charge in [0.2, 0.25) is 0 Å². The number of hydrogen-bond donors (Lipinski definition) is 1. The molecule has 9 heteroatoms. The van der Waals surface area contributed by atoms with Crippen molar-refractivity contribution in [1.82, 2.24) is 4.90 Å². The predicted octanol–water partition coefficient (Wildman–Crippen LogP) is 5.02. The summed E-state index contributed by atoms with van der Waals surface area (Å²) in [7, 11) is -3.58. The molecule has 6 nitrogen and oxygen atoms in total. The number of amides is 2. The molecular formula is C19H22Cl2N2O4S. The minimum absolute atomic E-state index is 0.217. The van der Waals surface area contributed by atoms with Gasteiger partial charge in [0.1, 0.15) is 5.75 Å². The maximum Gasteiger partial charge on any atom is 0.322 e. The molecule has 0 atom stereocenters. The third kappa shape index (κ3) is 6.89. The van der Waals surface area contributed by atoms with E-state index in [1.165, 1.54) is 0 Å². The zero-order chi connectivity index (χ0) is 20.9. The average Bonchev–Trinajstić information content (AvgIpc) is 2.57. The summed E-state index contributed by atoms with van der Waals surface area (Å²) in [5, 5.41) is 3.47. The topological polar surface area (TPSA) is 75.7 Å². The largest absolute Gasteiger partial charge is 0.383 e. The van der Waals surface area contributed by atoms with E-state index in [0.717, 1.165) is 11.8 Å². The van der Waals surface area contributed by atoms with Gasteiger partial charge < -0.3 is 14.4 Å². The molecule has 0 saturated heterocycles. The summed E-state index contributed by atoms with van der Waals surface area (Å²) in [5.41, 5.74) is 1.18. The van der Waals surface area contributed by atoms with Crippen LogP contribution in [0.1, 0.15) is 19.4 Å². The zero-order valence-electron chi connectivity index (χ0n) is 15.8. The molecule has 1 N–H and O–H groups in total. The molecule has 0 spiro atoms. The number of carbonyl (C=O) groups is 1. The first-order chi connectivity index (χ1) is 13.0. The molecule has 0 aromatic heterocycles. The van der Waals surface area contributed by atoms with Crippen LogP contribution in [0.4, 0.5) is 10.5 Å². The van der Waals surface area contributed by atoms with Crippen LogP contribution >= 0.6 is 23.2 Å². The van der Waals surface area contributed by atoms with E-state index in [-0.39, 0.29) is 17.7 Å². The first-order valence-corrected chi connectivity index (χ1v) is 11.1. The molecule has 0 heterocycles. The molecule has 0 aliphatic rings. The smallest absolute Gasteiger partial charge is 0.322 e. The Kier molecular flexibility index (Phi) is 7.57. The quantitative estimate of drug-likeness (QED) is 0.607. The Bertz CT molecular complexity index is 911. The van der Waals surface area contributed by atoms with E-state index >= 15 is 0 Å². The summed E-state index contributed by atoms with van der Waals surface area (Å²) in [5.74, 6) is 0.453. The van der Waals surface area contributed by atoms with Crippen molar-refractivity contribution in [3.63, 3.8) is 0 Å². The van der Waals surface area contributed by atoms with Crippen LogP contribution in [0.15, 0.2) is 42.5 Å². The lowest BCUT2D eigenvalue weighted by Crippen LogP contribution is -2.37. The molecule has 2 aromatic rings. The Morgan fingerprint density at radius 1 is 1.11 bits per heavy atom. The lowest BCUT2D eigenvalue weighted by Gasteiger charge is -2.25. The highest BCUT2D eigenvalue weighted by Crippen LogP contribution is 2.30. The summed E-state index contributed by atoms with van der Waals surface area (Å²) in [6.07, 6.45) is 0.982. The van der Waals surface area contributed by atoms with E-state index in [9.17, 15) is 13.2 Å². The third-order valence-electron chi connectivity index (χ3n) is 3.61. The number of hydrogen-bond acceptors (Lipinski definition) is 4. The molecule has 152 valence electrons. The number of nitrogens with one attached hydrogen (secondary N) is 1. The summed E-state index contributed by atoms with van der Waals surface area (Å²) in [6.45, 7) is 4.85. The first-order valence-electron chi connectivity index (χ1n) is 8.53. The average molecular weight is 445 g/mol. The Labute approximate surface area is 175 Å². The number of halogens is 2. The van der Waals surface area contributed by atoms with Gasteiger partial charge >= 0.3 is 16.1 Å². The maximum atomic E-state index is 12.8. The van der Waals surface area contributed by atoms with E-state index in [1.807, 2.05) is 13.8 Å². The number of urea groups is 1. The molecule has 0 aliphatic heterocycles. The van der Waals surface area contributed by atoms with Crippen molar-refractivity contribution in [3.8, 4) is 5.75 Å². The summed E-state index contributed by atoms with van der Waals surface area (Å²) in [4.78, 5) is 14.4. The van der Waals surface area contributed by atoms with Crippen LogP contribution in [0.2, 0.25) is 10.0 Å². The van der Waals surface area contributed by atoms with Crippen LogP contribution in [-0.4, -0.2) is 32.1 Å². The van der Waals surface area contributed by atoms with Crippen LogP contribution in [0.3, 0.4) is 0 Å². The highest BCUT2D eigenvalue weighted by atomic mass is 35.5. The molecule has 2 rings (SSSR count). The Hall–Kier alpha value is -1.96. The molecule has 28 heavy (non-hydrogen) atoms. The lowest BCUT2D eigenvalue weighted by atomic mass is 10.1. The number of benzene rings is 2. The fourth-order valence-corrected chi connectivity index (χ4v) is 3.46. The Morgan fingerprint density at radius 2 is 1.68 bits per heavy atom. The highest BCUT2D eigenvalue weighted by molar-refractivity contribution is 7.86. The van der Waals surface area contributed by atoms with Crippen molar-refractivity contribution < 1.29 is 17.4 Å². The first kappa shape index (κ1) is 22.3.